The fraction of sp³-hybridized carbons (Fsp3) is 0.200. The Morgan fingerprint density at radius 2 is 1.68 bits per heavy atom. The highest BCUT2D eigenvalue weighted by Gasteiger charge is 2.34. The monoisotopic (exact) mass is 461 g/mol. The standard InChI is InChI=1S/C25H23N3O6/c1-3-32-24(30)20-18(26-25(31)27-21(20)16-10-6-4-7-11-16)14-33-23(29)19-15(2)34-28-22(19)17-12-8-5-9-13-17/h4-13,21H,3,14H2,1-2H3,(H2,26,27,31). The van der Waals surface area contributed by atoms with Gasteiger partial charge in [0, 0.05) is 5.56 Å². The SMILES string of the molecule is CCOC(=O)C1=C(COC(=O)c2c(-c3ccccc3)noc2C)NC(=O)NC1c1ccccc1. The molecule has 9 nitrogen and oxygen atoms in total. The zero-order valence-corrected chi connectivity index (χ0v) is 18.7. The number of aryl methyl sites for hydroxylation is 1. The van der Waals surface area contributed by atoms with Crippen molar-refractivity contribution in [1.29, 1.82) is 0 Å². The Morgan fingerprint density at radius 1 is 1.00 bits per heavy atom. The van der Waals surface area contributed by atoms with Crippen LogP contribution in [0.2, 0.25) is 0 Å². The molecule has 0 radical (unpaired) electrons. The van der Waals surface area contributed by atoms with E-state index in [1.165, 1.54) is 0 Å². The summed E-state index contributed by atoms with van der Waals surface area (Å²) < 4.78 is 16.0. The zero-order valence-electron chi connectivity index (χ0n) is 18.7. The number of nitrogens with one attached hydrogen (secondary N) is 2. The highest BCUT2D eigenvalue weighted by molar-refractivity contribution is 5.98. The molecular weight excluding hydrogens is 438 g/mol. The van der Waals surface area contributed by atoms with Gasteiger partial charge in [0.2, 0.25) is 0 Å². The number of nitrogens with zero attached hydrogens (tertiary/aromatic N) is 1. The lowest BCUT2D eigenvalue weighted by Crippen LogP contribution is -2.47. The first-order valence-electron chi connectivity index (χ1n) is 10.7. The molecule has 0 fully saturated rings. The Kier molecular flexibility index (Phi) is 6.72. The second kappa shape index (κ2) is 10.0. The average molecular weight is 461 g/mol. The summed E-state index contributed by atoms with van der Waals surface area (Å²) in [4.78, 5) is 38.2. The number of aromatic nitrogens is 1. The molecule has 0 spiro atoms. The maximum Gasteiger partial charge on any atom is 0.344 e. The molecule has 0 saturated heterocycles. The van der Waals surface area contributed by atoms with Gasteiger partial charge in [-0.25, -0.2) is 14.4 Å². The molecule has 2 heterocycles. The molecule has 0 bridgehead atoms. The first-order valence-corrected chi connectivity index (χ1v) is 10.7. The van der Waals surface area contributed by atoms with Crippen molar-refractivity contribution in [3.63, 3.8) is 0 Å². The number of carbonyl (C=O) groups is 3. The summed E-state index contributed by atoms with van der Waals surface area (Å²) in [6, 6.07) is 16.8. The van der Waals surface area contributed by atoms with Gasteiger partial charge in [-0.2, -0.15) is 0 Å². The maximum absolute atomic E-state index is 13.0. The summed E-state index contributed by atoms with van der Waals surface area (Å²) in [7, 11) is 0. The minimum absolute atomic E-state index is 0.139. The Morgan fingerprint density at radius 3 is 2.35 bits per heavy atom. The summed E-state index contributed by atoms with van der Waals surface area (Å²) in [5.74, 6) is -1.03. The lowest BCUT2D eigenvalue weighted by Gasteiger charge is -2.29. The molecule has 4 rings (SSSR count). The molecule has 2 amide bonds. The van der Waals surface area contributed by atoms with Crippen LogP contribution in [-0.4, -0.2) is 36.3 Å². The van der Waals surface area contributed by atoms with Crippen LogP contribution < -0.4 is 10.6 Å². The molecule has 34 heavy (non-hydrogen) atoms. The predicted octanol–water partition coefficient (Wildman–Crippen LogP) is 3.68. The number of hydrogen-bond acceptors (Lipinski definition) is 7. The Hall–Kier alpha value is -4.40. The maximum atomic E-state index is 13.0. The fourth-order valence-electron chi connectivity index (χ4n) is 3.69. The number of carbonyl (C=O) groups excluding carboxylic acids is 3. The number of rotatable bonds is 7. The Balaban J connectivity index is 1.65. The third-order valence-corrected chi connectivity index (χ3v) is 5.24. The third kappa shape index (κ3) is 4.68. The fourth-order valence-corrected chi connectivity index (χ4v) is 3.69. The van der Waals surface area contributed by atoms with E-state index in [2.05, 4.69) is 15.8 Å². The van der Waals surface area contributed by atoms with Crippen LogP contribution in [0.4, 0.5) is 4.79 Å². The molecule has 9 heteroatoms. The van der Waals surface area contributed by atoms with E-state index in [0.29, 0.717) is 22.6 Å². The lowest BCUT2D eigenvalue weighted by atomic mass is 9.95. The predicted molar refractivity (Wildman–Crippen MR) is 121 cm³/mol. The second-order valence-electron chi connectivity index (χ2n) is 7.46. The number of hydrogen-bond donors (Lipinski definition) is 2. The largest absolute Gasteiger partial charge is 0.463 e. The summed E-state index contributed by atoms with van der Waals surface area (Å²) in [5.41, 5.74) is 2.19. The van der Waals surface area contributed by atoms with Crippen LogP contribution in [0.15, 0.2) is 76.5 Å². The number of amides is 2. The average Bonchev–Trinajstić information content (AvgIpc) is 3.24. The molecule has 1 aliphatic heterocycles. The number of ether oxygens (including phenoxy) is 2. The summed E-state index contributed by atoms with van der Waals surface area (Å²) in [6.07, 6.45) is 0. The lowest BCUT2D eigenvalue weighted by molar-refractivity contribution is -0.139. The van der Waals surface area contributed by atoms with Crippen molar-refractivity contribution in [2.24, 2.45) is 0 Å². The summed E-state index contributed by atoms with van der Waals surface area (Å²) in [6.45, 7) is 3.08. The van der Waals surface area contributed by atoms with E-state index >= 15 is 0 Å². The number of benzene rings is 2. The van der Waals surface area contributed by atoms with Gasteiger partial charge in [-0.3, -0.25) is 0 Å². The molecule has 1 aliphatic rings. The van der Waals surface area contributed by atoms with Crippen LogP contribution in [0.1, 0.15) is 34.6 Å². The highest BCUT2D eigenvalue weighted by Crippen LogP contribution is 2.29. The summed E-state index contributed by atoms with van der Waals surface area (Å²) in [5, 5.41) is 9.30. The minimum atomic E-state index is -0.764. The minimum Gasteiger partial charge on any atom is -0.463 e. The molecular formula is C25H23N3O6. The highest BCUT2D eigenvalue weighted by atomic mass is 16.5. The Bertz CT molecular complexity index is 1230. The van der Waals surface area contributed by atoms with E-state index in [-0.39, 0.29) is 30.0 Å². The molecule has 3 aromatic rings. The molecule has 0 saturated carbocycles. The van der Waals surface area contributed by atoms with Crippen molar-refractivity contribution in [2.75, 3.05) is 13.2 Å². The number of esters is 2. The van der Waals surface area contributed by atoms with Crippen molar-refractivity contribution in [3.05, 3.63) is 88.8 Å². The molecule has 1 atom stereocenters. The van der Waals surface area contributed by atoms with Gasteiger partial charge in [0.25, 0.3) is 0 Å². The van der Waals surface area contributed by atoms with Crippen molar-refractivity contribution < 1.29 is 28.4 Å². The van der Waals surface area contributed by atoms with Gasteiger partial charge in [-0.05, 0) is 19.4 Å². The van der Waals surface area contributed by atoms with Gasteiger partial charge in [0.1, 0.15) is 23.6 Å². The van der Waals surface area contributed by atoms with Crippen molar-refractivity contribution in [2.45, 2.75) is 19.9 Å². The summed E-state index contributed by atoms with van der Waals surface area (Å²) >= 11 is 0. The van der Waals surface area contributed by atoms with Crippen LogP contribution in [0, 0.1) is 6.92 Å². The van der Waals surface area contributed by atoms with E-state index in [0.717, 1.165) is 0 Å². The third-order valence-electron chi connectivity index (χ3n) is 5.24. The first-order chi connectivity index (χ1) is 16.5. The molecule has 174 valence electrons. The molecule has 2 N–H and O–H groups in total. The van der Waals surface area contributed by atoms with E-state index < -0.39 is 24.0 Å². The quantitative estimate of drug-likeness (QED) is 0.515. The number of urea groups is 1. The van der Waals surface area contributed by atoms with Crippen molar-refractivity contribution in [1.82, 2.24) is 15.8 Å². The zero-order chi connectivity index (χ0) is 24.1. The molecule has 2 aromatic carbocycles. The smallest absolute Gasteiger partial charge is 0.344 e. The van der Waals surface area contributed by atoms with Gasteiger partial charge < -0.3 is 24.6 Å². The van der Waals surface area contributed by atoms with Crippen LogP contribution in [0.25, 0.3) is 11.3 Å². The molecule has 1 unspecified atom stereocenters. The van der Waals surface area contributed by atoms with Crippen molar-refractivity contribution >= 4 is 18.0 Å². The Labute approximate surface area is 195 Å². The van der Waals surface area contributed by atoms with Gasteiger partial charge in [-0.15, -0.1) is 0 Å². The van der Waals surface area contributed by atoms with Gasteiger partial charge >= 0.3 is 18.0 Å². The normalized spacial score (nSPS) is 15.4. The van der Waals surface area contributed by atoms with Gasteiger partial charge in [0.05, 0.1) is 23.9 Å². The van der Waals surface area contributed by atoms with Gasteiger partial charge in [0.15, 0.2) is 0 Å². The van der Waals surface area contributed by atoms with E-state index in [1.807, 2.05) is 24.3 Å². The van der Waals surface area contributed by atoms with E-state index in [9.17, 15) is 14.4 Å². The van der Waals surface area contributed by atoms with E-state index in [1.54, 1.807) is 50.2 Å². The topological polar surface area (TPSA) is 120 Å². The second-order valence-corrected chi connectivity index (χ2v) is 7.46. The van der Waals surface area contributed by atoms with E-state index in [4.69, 9.17) is 14.0 Å². The van der Waals surface area contributed by atoms with Crippen LogP contribution in [0.3, 0.4) is 0 Å². The molecule has 0 aliphatic carbocycles. The molecule has 1 aromatic heterocycles. The first kappa shape index (κ1) is 22.8. The van der Waals surface area contributed by atoms with Crippen LogP contribution >= 0.6 is 0 Å². The van der Waals surface area contributed by atoms with Crippen molar-refractivity contribution in [3.8, 4) is 11.3 Å². The van der Waals surface area contributed by atoms with Crippen LogP contribution in [-0.2, 0) is 14.3 Å². The van der Waals surface area contributed by atoms with Crippen LogP contribution in [0.5, 0.6) is 0 Å². The van der Waals surface area contributed by atoms with Gasteiger partial charge in [-0.1, -0.05) is 65.8 Å².